The molecule has 0 atom stereocenters. The molecule has 21 heavy (non-hydrogen) atoms. The number of nitrogen functional groups attached to an aromatic ring is 1. The van der Waals surface area contributed by atoms with Crippen LogP contribution in [0.4, 0.5) is 5.69 Å². The van der Waals surface area contributed by atoms with E-state index in [1.54, 1.807) is 10.4 Å². The number of nitrogens with two attached hydrogens (primary N) is 1. The van der Waals surface area contributed by atoms with Crippen LogP contribution < -0.4 is 5.73 Å². The standard InChI is InChI=1S/C16H28N2O2S/c1-13(2)18(12-14-8-6-7-9-15(14)17)21(19,20)11-10-16(3,4)5/h6-9,13H,10-12,17H2,1-5H3. The first-order valence-electron chi connectivity index (χ1n) is 7.36. The van der Waals surface area contributed by atoms with Crippen LogP contribution in [0.25, 0.3) is 0 Å². The van der Waals surface area contributed by atoms with Crippen LogP contribution in [0.3, 0.4) is 0 Å². The maximum Gasteiger partial charge on any atom is 0.214 e. The first kappa shape index (κ1) is 18.0. The maximum atomic E-state index is 12.6. The third kappa shape index (κ3) is 5.67. The fraction of sp³-hybridized carbons (Fsp3) is 0.625. The van der Waals surface area contributed by atoms with Crippen LogP contribution in [0.2, 0.25) is 0 Å². The molecule has 0 aromatic heterocycles. The van der Waals surface area contributed by atoms with E-state index in [4.69, 9.17) is 5.73 Å². The lowest BCUT2D eigenvalue weighted by Crippen LogP contribution is -2.38. The van der Waals surface area contributed by atoms with Gasteiger partial charge in [-0.3, -0.25) is 0 Å². The lowest BCUT2D eigenvalue weighted by molar-refractivity contribution is 0.339. The van der Waals surface area contributed by atoms with Crippen LogP contribution in [0, 0.1) is 5.41 Å². The van der Waals surface area contributed by atoms with E-state index in [0.717, 1.165) is 5.56 Å². The average Bonchev–Trinajstić information content (AvgIpc) is 2.34. The number of sulfonamides is 1. The van der Waals surface area contributed by atoms with E-state index >= 15 is 0 Å². The zero-order valence-corrected chi connectivity index (χ0v) is 14.6. The summed E-state index contributed by atoms with van der Waals surface area (Å²) < 4.78 is 26.8. The SMILES string of the molecule is CC(C)N(Cc1ccccc1N)S(=O)(=O)CCC(C)(C)C. The Morgan fingerprint density at radius 2 is 1.76 bits per heavy atom. The van der Waals surface area contributed by atoms with Gasteiger partial charge in [-0.25, -0.2) is 8.42 Å². The van der Waals surface area contributed by atoms with Gasteiger partial charge in [-0.05, 0) is 37.3 Å². The van der Waals surface area contributed by atoms with Gasteiger partial charge in [-0.15, -0.1) is 0 Å². The van der Waals surface area contributed by atoms with Crippen LogP contribution >= 0.6 is 0 Å². The fourth-order valence-corrected chi connectivity index (χ4v) is 4.08. The second-order valence-electron chi connectivity index (χ2n) is 6.96. The molecule has 2 N–H and O–H groups in total. The van der Waals surface area contributed by atoms with Crippen LogP contribution in [0.1, 0.15) is 46.6 Å². The minimum absolute atomic E-state index is 0.00148. The normalized spacial score (nSPS) is 13.1. The Morgan fingerprint density at radius 3 is 2.24 bits per heavy atom. The first-order valence-corrected chi connectivity index (χ1v) is 8.97. The van der Waals surface area contributed by atoms with Crippen LogP contribution in [0.5, 0.6) is 0 Å². The molecule has 0 bridgehead atoms. The molecular formula is C16H28N2O2S. The van der Waals surface area contributed by atoms with E-state index in [0.29, 0.717) is 18.7 Å². The average molecular weight is 312 g/mol. The summed E-state index contributed by atoms with van der Waals surface area (Å²) in [4.78, 5) is 0. The number of hydrogen-bond acceptors (Lipinski definition) is 3. The number of anilines is 1. The summed E-state index contributed by atoms with van der Waals surface area (Å²) in [7, 11) is -3.29. The highest BCUT2D eigenvalue weighted by Crippen LogP contribution is 2.23. The van der Waals surface area contributed by atoms with Gasteiger partial charge in [0.1, 0.15) is 0 Å². The zero-order valence-electron chi connectivity index (χ0n) is 13.8. The lowest BCUT2D eigenvalue weighted by atomic mass is 9.94. The molecule has 0 heterocycles. The minimum Gasteiger partial charge on any atom is -0.398 e. The van der Waals surface area contributed by atoms with E-state index in [-0.39, 0.29) is 17.2 Å². The number of nitrogens with zero attached hydrogens (tertiary/aromatic N) is 1. The van der Waals surface area contributed by atoms with E-state index in [1.165, 1.54) is 0 Å². The molecule has 0 aliphatic heterocycles. The third-order valence-corrected chi connectivity index (χ3v) is 5.41. The molecule has 0 unspecified atom stereocenters. The van der Waals surface area contributed by atoms with Crippen molar-refractivity contribution in [2.24, 2.45) is 5.41 Å². The molecule has 0 saturated heterocycles. The van der Waals surface area contributed by atoms with Gasteiger partial charge in [0.15, 0.2) is 0 Å². The summed E-state index contributed by atoms with van der Waals surface area (Å²) in [5, 5.41) is 0. The van der Waals surface area contributed by atoms with Crippen molar-refractivity contribution in [3.63, 3.8) is 0 Å². The van der Waals surface area contributed by atoms with E-state index < -0.39 is 10.0 Å². The Morgan fingerprint density at radius 1 is 1.19 bits per heavy atom. The molecule has 0 spiro atoms. The van der Waals surface area contributed by atoms with Crippen LogP contribution in [0.15, 0.2) is 24.3 Å². The fourth-order valence-electron chi connectivity index (χ4n) is 2.00. The summed E-state index contributed by atoms with van der Waals surface area (Å²) in [6.45, 7) is 10.3. The first-order chi connectivity index (χ1) is 9.53. The highest BCUT2D eigenvalue weighted by atomic mass is 32.2. The minimum atomic E-state index is -3.29. The molecule has 120 valence electrons. The maximum absolute atomic E-state index is 12.6. The van der Waals surface area contributed by atoms with Crippen molar-refractivity contribution in [3.05, 3.63) is 29.8 Å². The monoisotopic (exact) mass is 312 g/mol. The topological polar surface area (TPSA) is 63.4 Å². The summed E-state index contributed by atoms with van der Waals surface area (Å²) in [5.41, 5.74) is 7.42. The quantitative estimate of drug-likeness (QED) is 0.820. The Kier molecular flexibility index (Phi) is 5.82. The molecule has 0 amide bonds. The van der Waals surface area contributed by atoms with E-state index in [9.17, 15) is 8.42 Å². The summed E-state index contributed by atoms with van der Waals surface area (Å²) in [6, 6.07) is 7.33. The summed E-state index contributed by atoms with van der Waals surface area (Å²) >= 11 is 0. The smallest absolute Gasteiger partial charge is 0.214 e. The zero-order chi connectivity index (χ0) is 16.3. The second kappa shape index (κ2) is 6.79. The van der Waals surface area contributed by atoms with Crippen molar-refractivity contribution >= 4 is 15.7 Å². The summed E-state index contributed by atoms with van der Waals surface area (Å²) in [6.07, 6.45) is 0.642. The lowest BCUT2D eigenvalue weighted by Gasteiger charge is -2.28. The Balaban J connectivity index is 2.94. The van der Waals surface area contributed by atoms with Gasteiger partial charge in [-0.2, -0.15) is 4.31 Å². The predicted octanol–water partition coefficient (Wildman–Crippen LogP) is 3.25. The highest BCUT2D eigenvalue weighted by molar-refractivity contribution is 7.89. The molecule has 1 rings (SSSR count). The molecule has 0 aliphatic carbocycles. The number of rotatable bonds is 6. The second-order valence-corrected chi connectivity index (χ2v) is 9.01. The van der Waals surface area contributed by atoms with Gasteiger partial charge in [0.05, 0.1) is 5.75 Å². The molecular weight excluding hydrogens is 284 g/mol. The van der Waals surface area contributed by atoms with Crippen molar-refractivity contribution in [2.75, 3.05) is 11.5 Å². The van der Waals surface area contributed by atoms with Crippen LogP contribution in [-0.4, -0.2) is 24.5 Å². The van der Waals surface area contributed by atoms with Crippen molar-refractivity contribution < 1.29 is 8.42 Å². The van der Waals surface area contributed by atoms with Crippen molar-refractivity contribution in [2.45, 2.75) is 53.6 Å². The van der Waals surface area contributed by atoms with Gasteiger partial charge in [0.25, 0.3) is 0 Å². The number of benzene rings is 1. The van der Waals surface area contributed by atoms with E-state index in [2.05, 4.69) is 20.8 Å². The number of hydrogen-bond donors (Lipinski definition) is 1. The van der Waals surface area contributed by atoms with E-state index in [1.807, 2.05) is 32.0 Å². The molecule has 0 aliphatic rings. The molecule has 1 aromatic rings. The Hall–Kier alpha value is -1.07. The molecule has 0 radical (unpaired) electrons. The highest BCUT2D eigenvalue weighted by Gasteiger charge is 2.27. The van der Waals surface area contributed by atoms with Gasteiger partial charge >= 0.3 is 0 Å². The molecule has 4 nitrogen and oxygen atoms in total. The Labute approximate surface area is 129 Å². The van der Waals surface area contributed by atoms with Gasteiger partial charge in [0.2, 0.25) is 10.0 Å². The van der Waals surface area contributed by atoms with Crippen molar-refractivity contribution in [1.29, 1.82) is 0 Å². The van der Waals surface area contributed by atoms with Crippen LogP contribution in [-0.2, 0) is 16.6 Å². The third-order valence-electron chi connectivity index (χ3n) is 3.42. The summed E-state index contributed by atoms with van der Waals surface area (Å²) in [5.74, 6) is 0.168. The van der Waals surface area contributed by atoms with Crippen molar-refractivity contribution in [3.8, 4) is 0 Å². The Bertz CT molecular complexity index is 560. The van der Waals surface area contributed by atoms with Gasteiger partial charge in [0, 0.05) is 18.3 Å². The molecule has 1 aromatic carbocycles. The predicted molar refractivity (Wildman–Crippen MR) is 89.4 cm³/mol. The van der Waals surface area contributed by atoms with Gasteiger partial charge < -0.3 is 5.73 Å². The van der Waals surface area contributed by atoms with Crippen molar-refractivity contribution in [1.82, 2.24) is 4.31 Å². The number of para-hydroxylation sites is 1. The largest absolute Gasteiger partial charge is 0.398 e. The molecule has 0 fully saturated rings. The molecule has 0 saturated carbocycles. The molecule has 5 heteroatoms. The van der Waals surface area contributed by atoms with Gasteiger partial charge in [-0.1, -0.05) is 39.0 Å².